The Kier molecular flexibility index (Phi) is 7.73. The molecule has 1 amide bonds. The van der Waals surface area contributed by atoms with Crippen LogP contribution in [0.2, 0.25) is 0 Å². The van der Waals surface area contributed by atoms with Crippen molar-refractivity contribution in [2.75, 3.05) is 19.6 Å². The van der Waals surface area contributed by atoms with Gasteiger partial charge in [0.05, 0.1) is 5.92 Å². The Morgan fingerprint density at radius 2 is 1.28 bits per heavy atom. The van der Waals surface area contributed by atoms with Crippen molar-refractivity contribution in [3.63, 3.8) is 0 Å². The Morgan fingerprint density at radius 3 is 1.78 bits per heavy atom. The second-order valence-corrected chi connectivity index (χ2v) is 8.92. The van der Waals surface area contributed by atoms with Crippen LogP contribution in [0.4, 0.5) is 0 Å². The fourth-order valence-electron chi connectivity index (χ4n) is 4.73. The number of hydrogen-bond donors (Lipinski definition) is 1. The van der Waals surface area contributed by atoms with Crippen molar-refractivity contribution in [2.24, 2.45) is 0 Å². The molecule has 1 aliphatic heterocycles. The largest absolute Gasteiger partial charge is 0.353 e. The number of hydrogen-bond acceptors (Lipinski definition) is 2. The van der Waals surface area contributed by atoms with Crippen LogP contribution in [-0.4, -0.2) is 36.5 Å². The molecule has 1 atom stereocenters. The van der Waals surface area contributed by atoms with E-state index in [2.05, 4.69) is 70.9 Å². The number of piperidine rings is 1. The van der Waals surface area contributed by atoms with Gasteiger partial charge in [-0.1, -0.05) is 91.0 Å². The maximum atomic E-state index is 12.7. The van der Waals surface area contributed by atoms with Crippen molar-refractivity contribution in [1.82, 2.24) is 10.2 Å². The van der Waals surface area contributed by atoms with Crippen LogP contribution in [0.1, 0.15) is 54.7 Å². The van der Waals surface area contributed by atoms with E-state index in [1.54, 1.807) is 0 Å². The maximum absolute atomic E-state index is 12.7. The molecular weight excluding hydrogens is 392 g/mol. The van der Waals surface area contributed by atoms with Crippen molar-refractivity contribution >= 4 is 5.91 Å². The van der Waals surface area contributed by atoms with Gasteiger partial charge in [0, 0.05) is 25.0 Å². The summed E-state index contributed by atoms with van der Waals surface area (Å²) < 4.78 is 0. The van der Waals surface area contributed by atoms with Gasteiger partial charge < -0.3 is 10.2 Å². The Bertz CT molecular complexity index is 911. The first-order chi connectivity index (χ1) is 15.7. The van der Waals surface area contributed by atoms with Gasteiger partial charge in [0.2, 0.25) is 5.91 Å². The van der Waals surface area contributed by atoms with Gasteiger partial charge in [0.1, 0.15) is 0 Å². The van der Waals surface area contributed by atoms with Gasteiger partial charge in [0.25, 0.3) is 0 Å². The van der Waals surface area contributed by atoms with E-state index in [1.165, 1.54) is 11.1 Å². The number of nitrogens with zero attached hydrogens (tertiary/aromatic N) is 1. The molecule has 0 radical (unpaired) electrons. The van der Waals surface area contributed by atoms with E-state index >= 15 is 0 Å². The zero-order valence-electron chi connectivity index (χ0n) is 19.0. The van der Waals surface area contributed by atoms with Crippen LogP contribution >= 0.6 is 0 Å². The average Bonchev–Trinajstić information content (AvgIpc) is 2.86. The number of nitrogens with one attached hydrogen (secondary N) is 1. The van der Waals surface area contributed by atoms with Crippen LogP contribution in [0.25, 0.3) is 0 Å². The molecule has 166 valence electrons. The van der Waals surface area contributed by atoms with Crippen LogP contribution < -0.4 is 5.32 Å². The molecule has 1 unspecified atom stereocenters. The predicted octanol–water partition coefficient (Wildman–Crippen LogP) is 5.59. The van der Waals surface area contributed by atoms with Gasteiger partial charge in [-0.05, 0) is 49.4 Å². The summed E-state index contributed by atoms with van der Waals surface area (Å²) in [6.45, 7) is 5.16. The Labute approximate surface area is 192 Å². The van der Waals surface area contributed by atoms with Crippen molar-refractivity contribution in [2.45, 2.75) is 44.1 Å². The van der Waals surface area contributed by atoms with Crippen LogP contribution in [0.15, 0.2) is 91.0 Å². The van der Waals surface area contributed by atoms with Gasteiger partial charge in [-0.2, -0.15) is 0 Å². The Hall–Kier alpha value is -2.91. The molecule has 1 aliphatic rings. The lowest BCUT2D eigenvalue weighted by Crippen LogP contribution is -2.46. The molecule has 1 fully saturated rings. The van der Waals surface area contributed by atoms with Crippen molar-refractivity contribution in [1.29, 1.82) is 0 Å². The quantitative estimate of drug-likeness (QED) is 0.509. The summed E-state index contributed by atoms with van der Waals surface area (Å²) in [5, 5.41) is 3.29. The molecule has 3 heteroatoms. The van der Waals surface area contributed by atoms with E-state index in [9.17, 15) is 4.79 Å². The summed E-state index contributed by atoms with van der Waals surface area (Å²) >= 11 is 0. The molecular formula is C29H34N2O. The minimum atomic E-state index is -0.105. The van der Waals surface area contributed by atoms with Gasteiger partial charge in [-0.25, -0.2) is 0 Å². The van der Waals surface area contributed by atoms with Gasteiger partial charge in [-0.3, -0.25) is 4.79 Å². The zero-order valence-corrected chi connectivity index (χ0v) is 19.0. The third-order valence-corrected chi connectivity index (χ3v) is 6.76. The average molecular weight is 427 g/mol. The van der Waals surface area contributed by atoms with Gasteiger partial charge >= 0.3 is 0 Å². The zero-order chi connectivity index (χ0) is 22.2. The first-order valence-corrected chi connectivity index (χ1v) is 11.9. The van der Waals surface area contributed by atoms with E-state index in [1.807, 2.05) is 37.3 Å². The number of carbonyl (C=O) groups is 1. The topological polar surface area (TPSA) is 32.3 Å². The highest BCUT2D eigenvalue weighted by Gasteiger charge is 2.24. The third kappa shape index (κ3) is 5.86. The maximum Gasteiger partial charge on any atom is 0.227 e. The van der Waals surface area contributed by atoms with Gasteiger partial charge in [0.15, 0.2) is 0 Å². The molecule has 0 saturated carbocycles. The number of benzene rings is 3. The van der Waals surface area contributed by atoms with E-state index in [4.69, 9.17) is 0 Å². The molecule has 3 aromatic rings. The van der Waals surface area contributed by atoms with E-state index in [0.717, 1.165) is 44.5 Å². The number of rotatable bonds is 8. The molecule has 0 bridgehead atoms. The Balaban J connectivity index is 1.28. The molecule has 0 spiro atoms. The number of amides is 1. The highest BCUT2D eigenvalue weighted by atomic mass is 16.1. The number of carbonyl (C=O) groups excluding carboxylic acids is 1. The fraction of sp³-hybridized carbons (Fsp3) is 0.345. The predicted molar refractivity (Wildman–Crippen MR) is 132 cm³/mol. The summed E-state index contributed by atoms with van der Waals surface area (Å²) in [5.74, 6) is 0.455. The minimum absolute atomic E-state index is 0.105. The van der Waals surface area contributed by atoms with Crippen molar-refractivity contribution in [3.05, 3.63) is 108 Å². The first-order valence-electron chi connectivity index (χ1n) is 11.9. The third-order valence-electron chi connectivity index (χ3n) is 6.76. The van der Waals surface area contributed by atoms with E-state index in [0.29, 0.717) is 5.92 Å². The minimum Gasteiger partial charge on any atom is -0.353 e. The highest BCUT2D eigenvalue weighted by molar-refractivity contribution is 5.83. The molecule has 0 aliphatic carbocycles. The second kappa shape index (κ2) is 11.1. The number of likely N-dealkylation sites (tertiary alicyclic amines) is 1. The summed E-state index contributed by atoms with van der Waals surface area (Å²) in [6.07, 6.45) is 3.15. The standard InChI is InChI=1S/C29H34N2O/c1-23(24-11-5-2-6-12-24)29(32)30-27-17-20-31(21-18-27)22-19-28(25-13-7-3-8-14-25)26-15-9-4-10-16-26/h2-16,23,27-28H,17-22H2,1H3,(H,30,32). The summed E-state index contributed by atoms with van der Waals surface area (Å²) in [5.41, 5.74) is 3.85. The SMILES string of the molecule is CC(C(=O)NC1CCN(CCC(c2ccccc2)c2ccccc2)CC1)c1ccccc1. The first kappa shape index (κ1) is 22.3. The molecule has 3 nitrogen and oxygen atoms in total. The Morgan fingerprint density at radius 1 is 0.812 bits per heavy atom. The molecule has 3 aromatic carbocycles. The second-order valence-electron chi connectivity index (χ2n) is 8.92. The highest BCUT2D eigenvalue weighted by Crippen LogP contribution is 2.28. The van der Waals surface area contributed by atoms with Crippen LogP contribution in [-0.2, 0) is 4.79 Å². The lowest BCUT2D eigenvalue weighted by atomic mass is 9.88. The molecule has 4 rings (SSSR count). The van der Waals surface area contributed by atoms with E-state index in [-0.39, 0.29) is 17.9 Å². The monoisotopic (exact) mass is 426 g/mol. The summed E-state index contributed by atoms with van der Waals surface area (Å²) in [6, 6.07) is 32.0. The normalized spacial score (nSPS) is 16.1. The van der Waals surface area contributed by atoms with Crippen molar-refractivity contribution < 1.29 is 4.79 Å². The molecule has 1 N–H and O–H groups in total. The van der Waals surface area contributed by atoms with Crippen LogP contribution in [0.5, 0.6) is 0 Å². The smallest absolute Gasteiger partial charge is 0.227 e. The van der Waals surface area contributed by atoms with Crippen molar-refractivity contribution in [3.8, 4) is 0 Å². The summed E-state index contributed by atoms with van der Waals surface area (Å²) in [4.78, 5) is 15.3. The fourth-order valence-corrected chi connectivity index (χ4v) is 4.73. The summed E-state index contributed by atoms with van der Waals surface area (Å²) in [7, 11) is 0. The molecule has 1 saturated heterocycles. The van der Waals surface area contributed by atoms with Crippen LogP contribution in [0, 0.1) is 0 Å². The van der Waals surface area contributed by atoms with Crippen LogP contribution in [0.3, 0.4) is 0 Å². The molecule has 32 heavy (non-hydrogen) atoms. The molecule has 1 heterocycles. The lowest BCUT2D eigenvalue weighted by molar-refractivity contribution is -0.123. The van der Waals surface area contributed by atoms with Gasteiger partial charge in [-0.15, -0.1) is 0 Å². The lowest BCUT2D eigenvalue weighted by Gasteiger charge is -2.33. The molecule has 0 aromatic heterocycles. The van der Waals surface area contributed by atoms with E-state index < -0.39 is 0 Å².